The Bertz CT molecular complexity index is 1330. The van der Waals surface area contributed by atoms with Crippen molar-refractivity contribution in [3.8, 4) is 0 Å². The van der Waals surface area contributed by atoms with Crippen molar-refractivity contribution in [2.75, 3.05) is 13.2 Å². The van der Waals surface area contributed by atoms with Crippen LogP contribution in [-0.4, -0.2) is 37.2 Å². The Balaban J connectivity index is 4.45. The molecular formula is C63H108O6. The molecule has 0 saturated heterocycles. The van der Waals surface area contributed by atoms with Crippen molar-refractivity contribution in [1.29, 1.82) is 0 Å². The highest BCUT2D eigenvalue weighted by atomic mass is 16.6. The average molecular weight is 962 g/mol. The van der Waals surface area contributed by atoms with E-state index in [-0.39, 0.29) is 31.1 Å². The summed E-state index contributed by atoms with van der Waals surface area (Å²) < 4.78 is 16.8. The minimum absolute atomic E-state index is 0.0928. The number of allylic oxidation sites excluding steroid dienone is 14. The lowest BCUT2D eigenvalue weighted by molar-refractivity contribution is -0.167. The Morgan fingerprint density at radius 2 is 0.565 bits per heavy atom. The van der Waals surface area contributed by atoms with Crippen LogP contribution < -0.4 is 0 Å². The molecule has 0 N–H and O–H groups in total. The van der Waals surface area contributed by atoms with Gasteiger partial charge in [0.05, 0.1) is 0 Å². The van der Waals surface area contributed by atoms with Crippen LogP contribution in [0.15, 0.2) is 85.1 Å². The zero-order valence-electron chi connectivity index (χ0n) is 45.3. The summed E-state index contributed by atoms with van der Waals surface area (Å²) in [5, 5.41) is 0. The topological polar surface area (TPSA) is 78.9 Å². The largest absolute Gasteiger partial charge is 0.462 e. The molecule has 0 aromatic rings. The first kappa shape index (κ1) is 65.6. The molecule has 0 aliphatic heterocycles. The Kier molecular flexibility index (Phi) is 54.3. The Hall–Kier alpha value is -3.41. The number of hydrogen-bond donors (Lipinski definition) is 0. The number of carbonyl (C=O) groups is 3. The van der Waals surface area contributed by atoms with Gasteiger partial charge in [0.1, 0.15) is 13.2 Å². The molecule has 69 heavy (non-hydrogen) atoms. The number of esters is 3. The minimum atomic E-state index is -0.795. The molecule has 1 atom stereocenters. The highest BCUT2D eigenvalue weighted by Gasteiger charge is 2.19. The van der Waals surface area contributed by atoms with Crippen LogP contribution in [0.5, 0.6) is 0 Å². The molecule has 396 valence electrons. The predicted molar refractivity (Wildman–Crippen MR) is 297 cm³/mol. The van der Waals surface area contributed by atoms with Gasteiger partial charge in [0.15, 0.2) is 6.10 Å². The molecule has 0 unspecified atom stereocenters. The van der Waals surface area contributed by atoms with Gasteiger partial charge in [-0.1, -0.05) is 247 Å². The van der Waals surface area contributed by atoms with E-state index in [0.29, 0.717) is 19.3 Å². The van der Waals surface area contributed by atoms with Crippen LogP contribution in [0.25, 0.3) is 0 Å². The molecule has 0 fully saturated rings. The van der Waals surface area contributed by atoms with E-state index in [9.17, 15) is 14.4 Å². The van der Waals surface area contributed by atoms with E-state index < -0.39 is 6.10 Å². The second-order valence-corrected chi connectivity index (χ2v) is 19.2. The predicted octanol–water partition coefficient (Wildman–Crippen LogP) is 19.5. The molecule has 0 bridgehead atoms. The maximum absolute atomic E-state index is 12.9. The smallest absolute Gasteiger partial charge is 0.306 e. The molecule has 0 aliphatic carbocycles. The van der Waals surface area contributed by atoms with Crippen LogP contribution in [-0.2, 0) is 28.6 Å². The Morgan fingerprint density at radius 1 is 0.304 bits per heavy atom. The number of carbonyl (C=O) groups excluding carboxylic acids is 3. The fraction of sp³-hybridized carbons (Fsp3) is 0.730. The van der Waals surface area contributed by atoms with Crippen LogP contribution in [0.1, 0.15) is 278 Å². The van der Waals surface area contributed by atoms with E-state index in [1.54, 1.807) is 0 Å². The van der Waals surface area contributed by atoms with Gasteiger partial charge < -0.3 is 14.2 Å². The summed E-state index contributed by atoms with van der Waals surface area (Å²) in [7, 11) is 0. The molecular weight excluding hydrogens is 853 g/mol. The van der Waals surface area contributed by atoms with Gasteiger partial charge in [0.2, 0.25) is 0 Å². The second kappa shape index (κ2) is 57.2. The van der Waals surface area contributed by atoms with E-state index in [1.807, 2.05) is 0 Å². The highest BCUT2D eigenvalue weighted by Crippen LogP contribution is 2.16. The highest BCUT2D eigenvalue weighted by molar-refractivity contribution is 5.71. The van der Waals surface area contributed by atoms with Gasteiger partial charge in [-0.05, 0) is 96.3 Å². The van der Waals surface area contributed by atoms with Crippen molar-refractivity contribution in [2.45, 2.75) is 284 Å². The van der Waals surface area contributed by atoms with E-state index in [1.165, 1.54) is 116 Å². The molecule has 0 aromatic carbocycles. The average Bonchev–Trinajstić information content (AvgIpc) is 3.35. The molecule has 6 heteroatoms. The molecule has 0 spiro atoms. The van der Waals surface area contributed by atoms with Gasteiger partial charge >= 0.3 is 17.9 Å². The first-order valence-electron chi connectivity index (χ1n) is 29.1. The van der Waals surface area contributed by atoms with E-state index in [4.69, 9.17) is 14.2 Å². The van der Waals surface area contributed by atoms with Crippen molar-refractivity contribution in [2.24, 2.45) is 0 Å². The molecule has 0 aliphatic rings. The SMILES string of the molecule is CC/C=C\C/C=C\C/C=C\C/C=C\C/C=C\CCCCCC(=O)OC[C@@H](COC(=O)CCCCCCC/C=C\C/C=C\CCCCC)OC(=O)CCCCCCCCCCCCCCCCCCC. The Labute approximate surface area is 426 Å². The summed E-state index contributed by atoms with van der Waals surface area (Å²) in [6, 6.07) is 0. The zero-order chi connectivity index (χ0) is 50.0. The van der Waals surface area contributed by atoms with Crippen molar-refractivity contribution < 1.29 is 28.6 Å². The molecule has 0 aromatic heterocycles. The first-order chi connectivity index (χ1) is 34.0. The first-order valence-corrected chi connectivity index (χ1v) is 29.1. The number of unbranched alkanes of at least 4 members (excludes halogenated alkanes) is 27. The number of hydrogen-bond acceptors (Lipinski definition) is 6. The lowest BCUT2D eigenvalue weighted by atomic mass is 10.0. The quantitative estimate of drug-likeness (QED) is 0.0262. The van der Waals surface area contributed by atoms with Crippen molar-refractivity contribution in [3.05, 3.63) is 85.1 Å². The van der Waals surface area contributed by atoms with Gasteiger partial charge in [-0.3, -0.25) is 14.4 Å². The van der Waals surface area contributed by atoms with Crippen molar-refractivity contribution in [1.82, 2.24) is 0 Å². The molecule has 0 heterocycles. The van der Waals surface area contributed by atoms with Gasteiger partial charge in [0, 0.05) is 19.3 Å². The van der Waals surface area contributed by atoms with E-state index in [2.05, 4.69) is 106 Å². The fourth-order valence-corrected chi connectivity index (χ4v) is 8.03. The maximum atomic E-state index is 12.9. The Morgan fingerprint density at radius 3 is 0.928 bits per heavy atom. The summed E-state index contributed by atoms with van der Waals surface area (Å²) in [5.41, 5.74) is 0. The normalized spacial score (nSPS) is 12.7. The van der Waals surface area contributed by atoms with Gasteiger partial charge in [-0.25, -0.2) is 0 Å². The molecule has 0 rings (SSSR count). The maximum Gasteiger partial charge on any atom is 0.306 e. The lowest BCUT2D eigenvalue weighted by Gasteiger charge is -2.18. The van der Waals surface area contributed by atoms with Crippen molar-refractivity contribution >= 4 is 17.9 Å². The number of ether oxygens (including phenoxy) is 3. The molecule has 0 radical (unpaired) electrons. The summed E-state index contributed by atoms with van der Waals surface area (Å²) >= 11 is 0. The third-order valence-electron chi connectivity index (χ3n) is 12.4. The zero-order valence-corrected chi connectivity index (χ0v) is 45.3. The van der Waals surface area contributed by atoms with E-state index >= 15 is 0 Å². The molecule has 6 nitrogen and oxygen atoms in total. The fourth-order valence-electron chi connectivity index (χ4n) is 8.03. The second-order valence-electron chi connectivity index (χ2n) is 19.2. The van der Waals surface area contributed by atoms with Crippen LogP contribution in [0, 0.1) is 0 Å². The minimum Gasteiger partial charge on any atom is -0.462 e. The summed E-state index contributed by atoms with van der Waals surface area (Å²) in [6.45, 7) is 6.48. The third kappa shape index (κ3) is 55.4. The number of rotatable bonds is 52. The van der Waals surface area contributed by atoms with Gasteiger partial charge in [-0.15, -0.1) is 0 Å². The van der Waals surface area contributed by atoms with Crippen LogP contribution in [0.3, 0.4) is 0 Å². The molecule has 0 saturated carbocycles. The van der Waals surface area contributed by atoms with E-state index in [0.717, 1.165) is 122 Å². The summed E-state index contributed by atoms with van der Waals surface area (Å²) in [4.78, 5) is 38.2. The third-order valence-corrected chi connectivity index (χ3v) is 12.4. The van der Waals surface area contributed by atoms with Gasteiger partial charge in [0.25, 0.3) is 0 Å². The van der Waals surface area contributed by atoms with Crippen molar-refractivity contribution in [3.63, 3.8) is 0 Å². The standard InChI is InChI=1S/C63H108O6/c1-4-7-10-13-16-19-22-25-28-30-31-33-35-38-41-44-47-50-53-56-62(65)68-59-60(58-67-61(64)55-52-49-46-43-40-37-34-27-24-21-18-15-12-9-6-3)69-63(66)57-54-51-48-45-42-39-36-32-29-26-23-20-17-14-11-8-5-2/h7,10,16,18-19,21,25,27-28,31,33-34,38,41,60H,4-6,8-9,11-15,17,20,22-24,26,29-30,32,35-37,39-40,42-59H2,1-3H3/b10-7-,19-16-,21-18-,28-25-,33-31-,34-27-,41-38-/t60-/m1/s1. The summed E-state index contributed by atoms with van der Waals surface area (Å²) in [6.07, 6.45) is 74.3. The van der Waals surface area contributed by atoms with Crippen LogP contribution in [0.2, 0.25) is 0 Å². The summed E-state index contributed by atoms with van der Waals surface area (Å²) in [5.74, 6) is -0.930. The monoisotopic (exact) mass is 961 g/mol. The van der Waals surface area contributed by atoms with Gasteiger partial charge in [-0.2, -0.15) is 0 Å². The lowest BCUT2D eigenvalue weighted by Crippen LogP contribution is -2.30. The van der Waals surface area contributed by atoms with Crippen LogP contribution >= 0.6 is 0 Å². The van der Waals surface area contributed by atoms with Crippen LogP contribution in [0.4, 0.5) is 0 Å². The molecule has 0 amide bonds.